The Kier molecular flexibility index (Phi) is 4.40. The first kappa shape index (κ1) is 16.3. The highest BCUT2D eigenvalue weighted by molar-refractivity contribution is 6.08. The van der Waals surface area contributed by atoms with Gasteiger partial charge in [0.2, 0.25) is 5.91 Å². The molecule has 3 aromatic carbocycles. The van der Waals surface area contributed by atoms with E-state index in [2.05, 4.69) is 5.32 Å². The maximum Gasteiger partial charge on any atom is 0.252 e. The van der Waals surface area contributed by atoms with Crippen LogP contribution in [0.2, 0.25) is 0 Å². The molecule has 1 unspecified atom stereocenters. The molecule has 0 spiro atoms. The van der Waals surface area contributed by atoms with Gasteiger partial charge in [-0.15, -0.1) is 0 Å². The van der Waals surface area contributed by atoms with E-state index in [0.717, 1.165) is 16.3 Å². The zero-order valence-electron chi connectivity index (χ0n) is 14.4. The summed E-state index contributed by atoms with van der Waals surface area (Å²) >= 11 is 0. The van der Waals surface area contributed by atoms with Crippen molar-refractivity contribution in [2.24, 2.45) is 0 Å². The smallest absolute Gasteiger partial charge is 0.252 e. The Morgan fingerprint density at radius 2 is 1.69 bits per heavy atom. The second kappa shape index (κ2) is 7.00. The van der Waals surface area contributed by atoms with E-state index in [1.54, 1.807) is 6.07 Å². The first-order valence-electron chi connectivity index (χ1n) is 8.84. The van der Waals surface area contributed by atoms with Crippen molar-refractivity contribution in [1.29, 1.82) is 0 Å². The van der Waals surface area contributed by atoms with E-state index in [1.165, 1.54) is 0 Å². The molecule has 1 heterocycles. The van der Waals surface area contributed by atoms with E-state index < -0.39 is 6.04 Å². The van der Waals surface area contributed by atoms with Crippen molar-refractivity contribution in [3.8, 4) is 0 Å². The van der Waals surface area contributed by atoms with E-state index in [0.29, 0.717) is 25.1 Å². The molecule has 0 aromatic heterocycles. The number of hydrogen-bond acceptors (Lipinski definition) is 2. The monoisotopic (exact) mass is 344 g/mol. The fraction of sp³-hybridized carbons (Fsp3) is 0.182. The minimum atomic E-state index is -0.454. The molecule has 2 amide bonds. The average molecular weight is 344 g/mol. The maximum absolute atomic E-state index is 12.7. The van der Waals surface area contributed by atoms with Gasteiger partial charge in [0.15, 0.2) is 0 Å². The van der Waals surface area contributed by atoms with Gasteiger partial charge >= 0.3 is 0 Å². The van der Waals surface area contributed by atoms with Crippen molar-refractivity contribution in [1.82, 2.24) is 10.2 Å². The largest absolute Gasteiger partial charge is 0.340 e. The van der Waals surface area contributed by atoms with Gasteiger partial charge in [0.25, 0.3) is 5.91 Å². The summed E-state index contributed by atoms with van der Waals surface area (Å²) in [5.41, 5.74) is 1.71. The highest BCUT2D eigenvalue weighted by Gasteiger charge is 2.32. The summed E-state index contributed by atoms with van der Waals surface area (Å²) in [4.78, 5) is 27.2. The SMILES string of the molecule is O=C(NC1CCN(Cc2ccccc2)C1=O)c1cccc2ccccc12. The molecule has 26 heavy (non-hydrogen) atoms. The maximum atomic E-state index is 12.7. The van der Waals surface area contributed by atoms with E-state index >= 15 is 0 Å². The van der Waals surface area contributed by atoms with Crippen LogP contribution < -0.4 is 5.32 Å². The third-order valence-corrected chi connectivity index (χ3v) is 4.85. The number of amides is 2. The molecule has 1 aliphatic rings. The van der Waals surface area contributed by atoms with Gasteiger partial charge in [-0.25, -0.2) is 0 Å². The second-order valence-corrected chi connectivity index (χ2v) is 6.59. The van der Waals surface area contributed by atoms with Crippen LogP contribution in [0.15, 0.2) is 72.8 Å². The number of carbonyl (C=O) groups excluding carboxylic acids is 2. The minimum Gasteiger partial charge on any atom is -0.340 e. The normalized spacial score (nSPS) is 16.8. The summed E-state index contributed by atoms with van der Waals surface area (Å²) in [7, 11) is 0. The van der Waals surface area contributed by atoms with Crippen molar-refractivity contribution >= 4 is 22.6 Å². The van der Waals surface area contributed by atoms with Crippen molar-refractivity contribution in [2.75, 3.05) is 6.54 Å². The Labute approximate surface area is 152 Å². The van der Waals surface area contributed by atoms with Gasteiger partial charge in [-0.2, -0.15) is 0 Å². The summed E-state index contributed by atoms with van der Waals surface area (Å²) in [6.07, 6.45) is 0.641. The molecule has 130 valence electrons. The molecule has 1 saturated heterocycles. The Hall–Kier alpha value is -3.14. The van der Waals surface area contributed by atoms with Crippen LogP contribution in [0, 0.1) is 0 Å². The second-order valence-electron chi connectivity index (χ2n) is 6.59. The van der Waals surface area contributed by atoms with Crippen LogP contribution in [-0.4, -0.2) is 29.3 Å². The van der Waals surface area contributed by atoms with E-state index in [4.69, 9.17) is 0 Å². The highest BCUT2D eigenvalue weighted by atomic mass is 16.2. The van der Waals surface area contributed by atoms with Crippen LogP contribution in [0.3, 0.4) is 0 Å². The molecule has 0 aliphatic carbocycles. The number of nitrogens with zero attached hydrogens (tertiary/aromatic N) is 1. The summed E-state index contributed by atoms with van der Waals surface area (Å²) in [5, 5.41) is 4.84. The van der Waals surface area contributed by atoms with Crippen LogP contribution in [0.25, 0.3) is 10.8 Å². The zero-order chi connectivity index (χ0) is 17.9. The lowest BCUT2D eigenvalue weighted by Gasteiger charge is -2.17. The van der Waals surface area contributed by atoms with E-state index in [-0.39, 0.29) is 11.8 Å². The Morgan fingerprint density at radius 1 is 0.962 bits per heavy atom. The molecule has 4 nitrogen and oxygen atoms in total. The number of rotatable bonds is 4. The molecule has 0 radical (unpaired) electrons. The van der Waals surface area contributed by atoms with Gasteiger partial charge in [-0.3, -0.25) is 9.59 Å². The number of carbonyl (C=O) groups is 2. The molecule has 1 N–H and O–H groups in total. The lowest BCUT2D eigenvalue weighted by molar-refractivity contribution is -0.129. The van der Waals surface area contributed by atoms with Crippen LogP contribution in [0.4, 0.5) is 0 Å². The molecule has 1 fully saturated rings. The molecular formula is C22H20N2O2. The van der Waals surface area contributed by atoms with Gasteiger partial charge in [-0.1, -0.05) is 66.7 Å². The van der Waals surface area contributed by atoms with Crippen molar-refractivity contribution in [3.63, 3.8) is 0 Å². The average Bonchev–Trinajstić information content (AvgIpc) is 3.02. The molecular weight excluding hydrogens is 324 g/mol. The highest BCUT2D eigenvalue weighted by Crippen LogP contribution is 2.20. The summed E-state index contributed by atoms with van der Waals surface area (Å²) in [6, 6.07) is 22.9. The fourth-order valence-corrected chi connectivity index (χ4v) is 3.49. The zero-order valence-corrected chi connectivity index (χ0v) is 14.4. The van der Waals surface area contributed by atoms with Gasteiger partial charge in [0.05, 0.1) is 0 Å². The standard InChI is InChI=1S/C22H20N2O2/c25-21(19-12-6-10-17-9-4-5-11-18(17)19)23-20-13-14-24(22(20)26)15-16-7-2-1-3-8-16/h1-12,20H,13-15H2,(H,23,25). The van der Waals surface area contributed by atoms with E-state index in [1.807, 2.05) is 71.6 Å². The summed E-state index contributed by atoms with van der Waals surface area (Å²) in [5.74, 6) is -0.204. The lowest BCUT2D eigenvalue weighted by Crippen LogP contribution is -2.41. The van der Waals surface area contributed by atoms with Crippen molar-refractivity contribution in [2.45, 2.75) is 19.0 Å². The van der Waals surface area contributed by atoms with Gasteiger partial charge in [0, 0.05) is 18.7 Å². The Morgan fingerprint density at radius 3 is 2.54 bits per heavy atom. The van der Waals surface area contributed by atoms with Crippen LogP contribution in [0.5, 0.6) is 0 Å². The number of nitrogens with one attached hydrogen (secondary N) is 1. The predicted molar refractivity (Wildman–Crippen MR) is 102 cm³/mol. The first-order valence-corrected chi connectivity index (χ1v) is 8.84. The number of likely N-dealkylation sites (tertiary alicyclic amines) is 1. The van der Waals surface area contributed by atoms with Crippen molar-refractivity contribution < 1.29 is 9.59 Å². The Balaban J connectivity index is 1.47. The van der Waals surface area contributed by atoms with Crippen LogP contribution in [-0.2, 0) is 11.3 Å². The van der Waals surface area contributed by atoms with Crippen LogP contribution >= 0.6 is 0 Å². The predicted octanol–water partition coefficient (Wildman–Crippen LogP) is 3.37. The minimum absolute atomic E-state index is 0.0116. The van der Waals surface area contributed by atoms with Crippen molar-refractivity contribution in [3.05, 3.63) is 83.9 Å². The molecule has 1 aliphatic heterocycles. The lowest BCUT2D eigenvalue weighted by atomic mass is 10.0. The van der Waals surface area contributed by atoms with Gasteiger partial charge < -0.3 is 10.2 Å². The number of benzene rings is 3. The molecule has 0 bridgehead atoms. The van der Waals surface area contributed by atoms with E-state index in [9.17, 15) is 9.59 Å². The topological polar surface area (TPSA) is 49.4 Å². The first-order chi connectivity index (χ1) is 12.7. The van der Waals surface area contributed by atoms with Gasteiger partial charge in [0.1, 0.15) is 6.04 Å². The molecule has 0 saturated carbocycles. The summed E-state index contributed by atoms with van der Waals surface area (Å²) < 4.78 is 0. The van der Waals surface area contributed by atoms with Gasteiger partial charge in [-0.05, 0) is 28.8 Å². The quantitative estimate of drug-likeness (QED) is 0.789. The number of hydrogen-bond donors (Lipinski definition) is 1. The molecule has 3 aromatic rings. The fourth-order valence-electron chi connectivity index (χ4n) is 3.49. The molecule has 1 atom stereocenters. The molecule has 4 heteroatoms. The van der Waals surface area contributed by atoms with Crippen LogP contribution in [0.1, 0.15) is 22.3 Å². The summed E-state index contributed by atoms with van der Waals surface area (Å²) in [6.45, 7) is 1.24. The number of fused-ring (bicyclic) bond motifs is 1. The molecule has 4 rings (SSSR count). The third kappa shape index (κ3) is 3.18. The third-order valence-electron chi connectivity index (χ3n) is 4.85. The Bertz CT molecular complexity index is 947.